The Bertz CT molecular complexity index is 294. The number of hydrogen-bond acceptors (Lipinski definition) is 1. The highest BCUT2D eigenvalue weighted by Crippen LogP contribution is 2.42. The van der Waals surface area contributed by atoms with Crippen LogP contribution >= 0.6 is 11.8 Å². The molecule has 0 nitrogen and oxygen atoms in total. The molecule has 0 amide bonds. The molecule has 0 spiro atoms. The summed E-state index contributed by atoms with van der Waals surface area (Å²) in [6.45, 7) is 4.47. The molecule has 0 fully saturated rings. The van der Waals surface area contributed by atoms with Crippen LogP contribution in [0.4, 0.5) is 0 Å². The summed E-state index contributed by atoms with van der Waals surface area (Å²) in [5, 5.41) is 0.659. The summed E-state index contributed by atoms with van der Waals surface area (Å²) in [7, 11) is 0. The predicted octanol–water partition coefficient (Wildman–Crippen LogP) is 4.06. The number of allylic oxidation sites excluding steroid dienone is 4. The molecule has 13 heavy (non-hydrogen) atoms. The molecule has 1 atom stereocenters. The molecule has 0 aromatic heterocycles. The molecule has 0 saturated heterocycles. The van der Waals surface area contributed by atoms with Gasteiger partial charge < -0.3 is 0 Å². The molecular weight excluding hydrogens is 176 g/mol. The lowest BCUT2D eigenvalue weighted by atomic mass is 10.0. The van der Waals surface area contributed by atoms with Crippen molar-refractivity contribution in [3.05, 3.63) is 34.3 Å². The molecule has 0 bridgehead atoms. The molecular formula is C12H16S. The zero-order valence-corrected chi connectivity index (χ0v) is 9.16. The predicted molar refractivity (Wildman–Crippen MR) is 60.8 cm³/mol. The van der Waals surface area contributed by atoms with Crippen molar-refractivity contribution in [2.45, 2.75) is 38.4 Å². The standard InChI is InChI=1S/C12H16S/c1-3-4-5-10-6-7-12-11(10)8-9(2)13-12/h6-8,12H,3-5H2,1-2H3. The molecule has 0 N–H and O–H groups in total. The van der Waals surface area contributed by atoms with E-state index in [-0.39, 0.29) is 0 Å². The first-order chi connectivity index (χ1) is 6.31. The first kappa shape index (κ1) is 9.14. The van der Waals surface area contributed by atoms with Gasteiger partial charge in [0.25, 0.3) is 0 Å². The molecule has 0 radical (unpaired) electrons. The molecule has 1 aliphatic carbocycles. The van der Waals surface area contributed by atoms with Crippen LogP contribution < -0.4 is 0 Å². The SMILES string of the molecule is CCCCC1=C2C=C(C)SC2C=C1. The normalized spacial score (nSPS) is 25.4. The van der Waals surface area contributed by atoms with Gasteiger partial charge in [-0.15, -0.1) is 11.8 Å². The fraction of sp³-hybridized carbons (Fsp3) is 0.500. The Kier molecular flexibility index (Phi) is 2.63. The molecule has 0 aromatic rings. The third-order valence-corrected chi connectivity index (χ3v) is 3.78. The highest BCUT2D eigenvalue weighted by molar-refractivity contribution is 8.04. The quantitative estimate of drug-likeness (QED) is 0.649. The van der Waals surface area contributed by atoms with Crippen LogP contribution in [0.2, 0.25) is 0 Å². The van der Waals surface area contributed by atoms with Gasteiger partial charge in [0.15, 0.2) is 0 Å². The lowest BCUT2D eigenvalue weighted by Crippen LogP contribution is -1.92. The highest BCUT2D eigenvalue weighted by atomic mass is 32.2. The minimum Gasteiger partial charge on any atom is -0.118 e. The monoisotopic (exact) mass is 192 g/mol. The number of rotatable bonds is 3. The summed E-state index contributed by atoms with van der Waals surface area (Å²) < 4.78 is 0. The van der Waals surface area contributed by atoms with Crippen molar-refractivity contribution in [3.8, 4) is 0 Å². The van der Waals surface area contributed by atoms with E-state index in [0.717, 1.165) is 0 Å². The summed E-state index contributed by atoms with van der Waals surface area (Å²) in [5.74, 6) is 0. The molecule has 2 aliphatic rings. The largest absolute Gasteiger partial charge is 0.118 e. The van der Waals surface area contributed by atoms with Crippen molar-refractivity contribution in [2.24, 2.45) is 0 Å². The summed E-state index contributed by atoms with van der Waals surface area (Å²) >= 11 is 1.99. The van der Waals surface area contributed by atoms with Gasteiger partial charge in [-0.3, -0.25) is 0 Å². The van der Waals surface area contributed by atoms with Gasteiger partial charge in [-0.25, -0.2) is 0 Å². The van der Waals surface area contributed by atoms with Gasteiger partial charge in [-0.05, 0) is 41.9 Å². The van der Waals surface area contributed by atoms with E-state index < -0.39 is 0 Å². The first-order valence-electron chi connectivity index (χ1n) is 5.07. The third-order valence-electron chi connectivity index (χ3n) is 2.62. The Balaban J connectivity index is 2.13. The number of fused-ring (bicyclic) bond motifs is 1. The van der Waals surface area contributed by atoms with E-state index in [9.17, 15) is 0 Å². The van der Waals surface area contributed by atoms with E-state index in [1.807, 2.05) is 11.8 Å². The minimum atomic E-state index is 0.659. The van der Waals surface area contributed by atoms with Gasteiger partial charge >= 0.3 is 0 Å². The van der Waals surface area contributed by atoms with Crippen LogP contribution in [0.25, 0.3) is 0 Å². The Morgan fingerprint density at radius 1 is 1.46 bits per heavy atom. The Morgan fingerprint density at radius 2 is 2.31 bits per heavy atom. The van der Waals surface area contributed by atoms with Crippen LogP contribution in [0.15, 0.2) is 34.3 Å². The van der Waals surface area contributed by atoms with Crippen LogP contribution in [-0.2, 0) is 0 Å². The van der Waals surface area contributed by atoms with E-state index in [2.05, 4.69) is 32.1 Å². The van der Waals surface area contributed by atoms with E-state index in [1.165, 1.54) is 24.2 Å². The summed E-state index contributed by atoms with van der Waals surface area (Å²) in [6.07, 6.45) is 10.9. The highest BCUT2D eigenvalue weighted by Gasteiger charge is 2.24. The molecule has 1 heteroatoms. The molecule has 1 heterocycles. The molecule has 1 aliphatic heterocycles. The maximum absolute atomic E-state index is 2.36. The zero-order chi connectivity index (χ0) is 9.26. The summed E-state index contributed by atoms with van der Waals surface area (Å²) in [5.41, 5.74) is 3.16. The summed E-state index contributed by atoms with van der Waals surface area (Å²) in [4.78, 5) is 1.47. The lowest BCUT2D eigenvalue weighted by Gasteiger charge is -2.03. The average Bonchev–Trinajstić information content (AvgIpc) is 2.61. The smallest absolute Gasteiger partial charge is 0.0527 e. The van der Waals surface area contributed by atoms with Gasteiger partial charge in [-0.2, -0.15) is 0 Å². The van der Waals surface area contributed by atoms with E-state index in [0.29, 0.717) is 5.25 Å². The number of unbranched alkanes of at least 4 members (excludes halogenated alkanes) is 1. The molecule has 2 rings (SSSR count). The Hall–Kier alpha value is -0.430. The van der Waals surface area contributed by atoms with E-state index in [1.54, 1.807) is 11.1 Å². The van der Waals surface area contributed by atoms with Crippen LogP contribution in [0.5, 0.6) is 0 Å². The molecule has 0 aromatic carbocycles. The maximum Gasteiger partial charge on any atom is 0.0527 e. The fourth-order valence-electron chi connectivity index (χ4n) is 1.91. The van der Waals surface area contributed by atoms with Crippen molar-refractivity contribution in [2.75, 3.05) is 0 Å². The van der Waals surface area contributed by atoms with Crippen LogP contribution in [0.3, 0.4) is 0 Å². The van der Waals surface area contributed by atoms with Gasteiger partial charge in [-0.1, -0.05) is 25.5 Å². The van der Waals surface area contributed by atoms with Gasteiger partial charge in [0.05, 0.1) is 5.25 Å². The van der Waals surface area contributed by atoms with E-state index >= 15 is 0 Å². The van der Waals surface area contributed by atoms with Crippen molar-refractivity contribution in [1.29, 1.82) is 0 Å². The topological polar surface area (TPSA) is 0 Å². The second-order valence-electron chi connectivity index (χ2n) is 3.74. The lowest BCUT2D eigenvalue weighted by molar-refractivity contribution is 0.796. The minimum absolute atomic E-state index is 0.659. The van der Waals surface area contributed by atoms with Gasteiger partial charge in [0.1, 0.15) is 0 Å². The van der Waals surface area contributed by atoms with Crippen molar-refractivity contribution in [3.63, 3.8) is 0 Å². The zero-order valence-electron chi connectivity index (χ0n) is 8.34. The second-order valence-corrected chi connectivity index (χ2v) is 5.12. The summed E-state index contributed by atoms with van der Waals surface area (Å²) in [6, 6.07) is 0. The molecule has 70 valence electrons. The third kappa shape index (κ3) is 1.76. The number of hydrogen-bond donors (Lipinski definition) is 0. The van der Waals surface area contributed by atoms with Gasteiger partial charge in [0, 0.05) is 0 Å². The van der Waals surface area contributed by atoms with Crippen molar-refractivity contribution >= 4 is 11.8 Å². The molecule has 1 unspecified atom stereocenters. The van der Waals surface area contributed by atoms with Gasteiger partial charge in [0.2, 0.25) is 0 Å². The first-order valence-corrected chi connectivity index (χ1v) is 5.95. The average molecular weight is 192 g/mol. The Labute approximate surface area is 84.8 Å². The van der Waals surface area contributed by atoms with Crippen LogP contribution in [0.1, 0.15) is 33.1 Å². The van der Waals surface area contributed by atoms with Crippen LogP contribution in [0, 0.1) is 0 Å². The number of thioether (sulfide) groups is 1. The van der Waals surface area contributed by atoms with Crippen molar-refractivity contribution < 1.29 is 0 Å². The fourth-order valence-corrected chi connectivity index (χ4v) is 3.01. The van der Waals surface area contributed by atoms with E-state index in [4.69, 9.17) is 0 Å². The maximum atomic E-state index is 2.36. The van der Waals surface area contributed by atoms with Crippen molar-refractivity contribution in [1.82, 2.24) is 0 Å². The van der Waals surface area contributed by atoms with Crippen LogP contribution in [-0.4, -0.2) is 5.25 Å². The molecule has 0 saturated carbocycles. The Morgan fingerprint density at radius 3 is 3.08 bits per heavy atom. The second kappa shape index (κ2) is 3.75.